The Hall–Kier alpha value is -1.72. The van der Waals surface area contributed by atoms with Gasteiger partial charge in [-0.3, -0.25) is 4.79 Å². The molecule has 0 aliphatic rings. The normalized spacial score (nSPS) is 13.5. The lowest BCUT2D eigenvalue weighted by Gasteiger charge is -2.12. The fourth-order valence-corrected chi connectivity index (χ4v) is 0.659. The lowest BCUT2D eigenvalue weighted by molar-refractivity contribution is -0.145. The summed E-state index contributed by atoms with van der Waals surface area (Å²) < 4.78 is 0. The number of carboxylic acids is 2. The molecule has 0 aromatic heterocycles. The third kappa shape index (κ3) is 4.67. The molecular formula is C7H12N2O4. The molecule has 0 saturated carbocycles. The van der Waals surface area contributed by atoms with Crippen molar-refractivity contribution in [1.29, 1.82) is 0 Å². The monoisotopic (exact) mass is 188 g/mol. The number of carbonyl (C=O) groups is 2. The highest BCUT2D eigenvalue weighted by Gasteiger charge is 2.20. The van der Waals surface area contributed by atoms with E-state index >= 15 is 0 Å². The largest absolute Gasteiger partial charge is 0.481 e. The van der Waals surface area contributed by atoms with Crippen LogP contribution in [0.25, 0.3) is 0 Å². The molecule has 74 valence electrons. The zero-order valence-electron chi connectivity index (χ0n) is 7.15. The van der Waals surface area contributed by atoms with Crippen LogP contribution in [0, 0.1) is 0 Å². The number of hydrogen-bond donors (Lipinski definition) is 4. The third-order valence-corrected chi connectivity index (χ3v) is 1.33. The maximum absolute atomic E-state index is 10.5. The molecule has 0 aliphatic heterocycles. The fraction of sp³-hybridized carbons (Fsp3) is 0.429. The summed E-state index contributed by atoms with van der Waals surface area (Å²) in [5.74, 6) is -2.29. The van der Waals surface area contributed by atoms with Gasteiger partial charge in [-0.2, -0.15) is 0 Å². The van der Waals surface area contributed by atoms with E-state index in [-0.39, 0.29) is 5.82 Å². The minimum atomic E-state index is -1.24. The molecule has 13 heavy (non-hydrogen) atoms. The van der Waals surface area contributed by atoms with Gasteiger partial charge < -0.3 is 21.3 Å². The van der Waals surface area contributed by atoms with Gasteiger partial charge in [0.05, 0.1) is 12.2 Å². The molecule has 0 saturated heterocycles. The predicted molar refractivity (Wildman–Crippen MR) is 44.8 cm³/mol. The molecular weight excluding hydrogens is 176 g/mol. The average Bonchev–Trinajstić information content (AvgIpc) is 2.02. The Bertz CT molecular complexity index is 237. The number of hydrogen-bond acceptors (Lipinski definition) is 4. The molecule has 6 heteroatoms. The Morgan fingerprint density at radius 2 is 2.08 bits per heavy atom. The summed E-state index contributed by atoms with van der Waals surface area (Å²) in [5.41, 5.74) is 5.28. The standard InChI is InChI=1S/C7H12N2O4/c1-2-5(8)9-4(7(12)13)3-6(10)11/h2,4,9H,3,8H2,1H3,(H,10,11)(H,12,13). The molecule has 0 bridgehead atoms. The van der Waals surface area contributed by atoms with Crippen molar-refractivity contribution < 1.29 is 19.8 Å². The second-order valence-corrected chi connectivity index (χ2v) is 2.38. The van der Waals surface area contributed by atoms with Crippen LogP contribution in [-0.4, -0.2) is 28.2 Å². The number of allylic oxidation sites excluding steroid dienone is 1. The van der Waals surface area contributed by atoms with E-state index in [0.717, 1.165) is 0 Å². The van der Waals surface area contributed by atoms with E-state index < -0.39 is 24.4 Å². The highest BCUT2D eigenvalue weighted by Crippen LogP contribution is 1.94. The highest BCUT2D eigenvalue weighted by molar-refractivity contribution is 5.80. The van der Waals surface area contributed by atoms with Crippen molar-refractivity contribution in [3.8, 4) is 0 Å². The van der Waals surface area contributed by atoms with E-state index in [1.54, 1.807) is 6.92 Å². The lowest BCUT2D eigenvalue weighted by atomic mass is 10.2. The van der Waals surface area contributed by atoms with Crippen LogP contribution in [0.2, 0.25) is 0 Å². The summed E-state index contributed by atoms with van der Waals surface area (Å²) >= 11 is 0. The quantitative estimate of drug-likeness (QED) is 0.455. The summed E-state index contributed by atoms with van der Waals surface area (Å²) in [6.07, 6.45) is 0.946. The van der Waals surface area contributed by atoms with Crippen molar-refractivity contribution in [1.82, 2.24) is 5.32 Å². The Labute approximate surface area is 75.0 Å². The number of carboxylic acid groups (broad SMARTS) is 2. The Kier molecular flexibility index (Phi) is 4.36. The minimum Gasteiger partial charge on any atom is -0.481 e. The van der Waals surface area contributed by atoms with Crippen LogP contribution < -0.4 is 11.1 Å². The van der Waals surface area contributed by atoms with Crippen LogP contribution in [0.15, 0.2) is 11.9 Å². The zero-order chi connectivity index (χ0) is 10.4. The van der Waals surface area contributed by atoms with Gasteiger partial charge in [-0.1, -0.05) is 0 Å². The number of nitrogens with one attached hydrogen (secondary N) is 1. The van der Waals surface area contributed by atoms with E-state index in [1.165, 1.54) is 6.08 Å². The molecule has 0 radical (unpaired) electrons. The highest BCUT2D eigenvalue weighted by atomic mass is 16.4. The third-order valence-electron chi connectivity index (χ3n) is 1.33. The van der Waals surface area contributed by atoms with Crippen LogP contribution in [0.1, 0.15) is 13.3 Å². The summed E-state index contributed by atoms with van der Waals surface area (Å²) in [6, 6.07) is -1.19. The van der Waals surface area contributed by atoms with E-state index in [2.05, 4.69) is 5.32 Å². The van der Waals surface area contributed by atoms with Crippen molar-refractivity contribution in [3.05, 3.63) is 11.9 Å². The van der Waals surface area contributed by atoms with Gasteiger partial charge in [0.2, 0.25) is 0 Å². The molecule has 0 aromatic rings. The van der Waals surface area contributed by atoms with E-state index in [4.69, 9.17) is 15.9 Å². The van der Waals surface area contributed by atoms with Crippen molar-refractivity contribution in [3.63, 3.8) is 0 Å². The molecule has 0 fully saturated rings. The molecule has 0 aromatic carbocycles. The Morgan fingerprint density at radius 3 is 2.38 bits per heavy atom. The maximum Gasteiger partial charge on any atom is 0.326 e. The minimum absolute atomic E-state index is 0.147. The van der Waals surface area contributed by atoms with Crippen LogP contribution in [0.4, 0.5) is 0 Å². The van der Waals surface area contributed by atoms with E-state index in [9.17, 15) is 9.59 Å². The van der Waals surface area contributed by atoms with Crippen molar-refractivity contribution in [2.24, 2.45) is 5.73 Å². The Morgan fingerprint density at radius 1 is 1.54 bits per heavy atom. The number of nitrogens with two attached hydrogens (primary N) is 1. The molecule has 0 spiro atoms. The van der Waals surface area contributed by atoms with Crippen LogP contribution in [-0.2, 0) is 9.59 Å². The van der Waals surface area contributed by atoms with Gasteiger partial charge in [0, 0.05) is 0 Å². The second kappa shape index (κ2) is 5.02. The first-order valence-electron chi connectivity index (χ1n) is 3.60. The first-order chi connectivity index (χ1) is 5.97. The fourth-order valence-electron chi connectivity index (χ4n) is 0.659. The topological polar surface area (TPSA) is 113 Å². The van der Waals surface area contributed by atoms with Gasteiger partial charge in [-0.25, -0.2) is 4.79 Å². The SMILES string of the molecule is CC=C(N)NC(CC(=O)O)C(=O)O. The molecule has 1 unspecified atom stereocenters. The Balaban J connectivity index is 4.27. The van der Waals surface area contributed by atoms with E-state index in [1.807, 2.05) is 0 Å². The van der Waals surface area contributed by atoms with Gasteiger partial charge in [0.1, 0.15) is 6.04 Å². The summed E-state index contributed by atoms with van der Waals surface area (Å²) in [5, 5.41) is 19.3. The first-order valence-corrected chi connectivity index (χ1v) is 3.60. The molecule has 6 nitrogen and oxygen atoms in total. The van der Waals surface area contributed by atoms with Gasteiger partial charge >= 0.3 is 11.9 Å². The smallest absolute Gasteiger partial charge is 0.326 e. The van der Waals surface area contributed by atoms with Gasteiger partial charge in [0.15, 0.2) is 0 Å². The summed E-state index contributed by atoms with van der Waals surface area (Å²) in [7, 11) is 0. The molecule has 0 rings (SSSR count). The maximum atomic E-state index is 10.5. The average molecular weight is 188 g/mol. The summed E-state index contributed by atoms with van der Waals surface area (Å²) in [6.45, 7) is 1.61. The van der Waals surface area contributed by atoms with Crippen molar-refractivity contribution in [2.75, 3.05) is 0 Å². The van der Waals surface area contributed by atoms with Crippen molar-refractivity contribution in [2.45, 2.75) is 19.4 Å². The van der Waals surface area contributed by atoms with Crippen molar-refractivity contribution >= 4 is 11.9 Å². The molecule has 0 amide bonds. The van der Waals surface area contributed by atoms with Crippen LogP contribution in [0.5, 0.6) is 0 Å². The summed E-state index contributed by atoms with van der Waals surface area (Å²) in [4.78, 5) is 20.7. The molecule has 5 N–H and O–H groups in total. The number of aliphatic carboxylic acids is 2. The predicted octanol–water partition coefficient (Wildman–Crippen LogP) is -0.676. The van der Waals surface area contributed by atoms with Gasteiger partial charge in [-0.05, 0) is 13.0 Å². The van der Waals surface area contributed by atoms with Gasteiger partial charge in [0.25, 0.3) is 0 Å². The number of rotatable bonds is 5. The first kappa shape index (κ1) is 11.3. The zero-order valence-corrected chi connectivity index (χ0v) is 7.15. The lowest BCUT2D eigenvalue weighted by Crippen LogP contribution is -2.40. The van der Waals surface area contributed by atoms with E-state index in [0.29, 0.717) is 0 Å². The van der Waals surface area contributed by atoms with Crippen LogP contribution in [0.3, 0.4) is 0 Å². The molecule has 0 heterocycles. The molecule has 1 atom stereocenters. The van der Waals surface area contributed by atoms with Gasteiger partial charge in [-0.15, -0.1) is 0 Å². The van der Waals surface area contributed by atoms with Crippen LogP contribution >= 0.6 is 0 Å². The molecule has 0 aliphatic carbocycles. The second-order valence-electron chi connectivity index (χ2n) is 2.38.